The van der Waals surface area contributed by atoms with E-state index in [0.29, 0.717) is 23.1 Å². The van der Waals surface area contributed by atoms with Gasteiger partial charge in [-0.25, -0.2) is 4.63 Å². The maximum absolute atomic E-state index is 12.8. The molecule has 3 aromatic rings. The van der Waals surface area contributed by atoms with Gasteiger partial charge in [0.15, 0.2) is 0 Å². The fourth-order valence-electron chi connectivity index (χ4n) is 3.15. The Morgan fingerprint density at radius 3 is 2.80 bits per heavy atom. The first-order valence-corrected chi connectivity index (χ1v) is 8.35. The van der Waals surface area contributed by atoms with Crippen LogP contribution in [0.2, 0.25) is 0 Å². The van der Waals surface area contributed by atoms with Crippen LogP contribution >= 0.6 is 0 Å². The molecule has 0 atom stereocenters. The molecule has 1 amide bonds. The molecule has 0 aliphatic carbocycles. The van der Waals surface area contributed by atoms with Crippen molar-refractivity contribution < 1.29 is 13.9 Å². The summed E-state index contributed by atoms with van der Waals surface area (Å²) in [5, 5.41) is 11.6. The van der Waals surface area contributed by atoms with Crippen molar-refractivity contribution in [1.82, 2.24) is 25.3 Å². The van der Waals surface area contributed by atoms with Crippen molar-refractivity contribution in [1.29, 1.82) is 0 Å². The third kappa shape index (κ3) is 3.39. The van der Waals surface area contributed by atoms with Gasteiger partial charge in [0.05, 0.1) is 5.69 Å². The monoisotopic (exact) mass is 341 g/mol. The third-order valence-corrected chi connectivity index (χ3v) is 4.44. The molecule has 1 aliphatic rings. The lowest BCUT2D eigenvalue weighted by atomic mass is 10.1. The SMILES string of the molecule is Cc1cc(CN2CCCN(C(=O)c3ccc4nonc4c3)CC2)no1. The molecule has 25 heavy (non-hydrogen) atoms. The van der Waals surface area contributed by atoms with E-state index >= 15 is 0 Å². The van der Waals surface area contributed by atoms with Gasteiger partial charge in [0.2, 0.25) is 0 Å². The molecule has 2 aromatic heterocycles. The lowest BCUT2D eigenvalue weighted by Gasteiger charge is -2.21. The van der Waals surface area contributed by atoms with Gasteiger partial charge in [0.1, 0.15) is 16.8 Å². The highest BCUT2D eigenvalue weighted by Crippen LogP contribution is 2.15. The van der Waals surface area contributed by atoms with Gasteiger partial charge < -0.3 is 9.42 Å². The van der Waals surface area contributed by atoms with Crippen molar-refractivity contribution >= 4 is 16.9 Å². The summed E-state index contributed by atoms with van der Waals surface area (Å²) < 4.78 is 9.82. The van der Waals surface area contributed by atoms with E-state index in [-0.39, 0.29) is 5.91 Å². The first-order valence-electron chi connectivity index (χ1n) is 8.35. The van der Waals surface area contributed by atoms with E-state index in [4.69, 9.17) is 9.15 Å². The van der Waals surface area contributed by atoms with Gasteiger partial charge in [-0.2, -0.15) is 0 Å². The van der Waals surface area contributed by atoms with Crippen LogP contribution in [0, 0.1) is 6.92 Å². The Labute approximate surface area is 144 Å². The Morgan fingerprint density at radius 2 is 1.96 bits per heavy atom. The first kappa shape index (κ1) is 15.8. The van der Waals surface area contributed by atoms with Crippen LogP contribution in [0.5, 0.6) is 0 Å². The number of aromatic nitrogens is 3. The lowest BCUT2D eigenvalue weighted by Crippen LogP contribution is -2.35. The van der Waals surface area contributed by atoms with Crippen molar-refractivity contribution in [3.63, 3.8) is 0 Å². The van der Waals surface area contributed by atoms with E-state index in [2.05, 4.69) is 20.4 Å². The molecular weight excluding hydrogens is 322 g/mol. The molecule has 1 aliphatic heterocycles. The molecule has 1 fully saturated rings. The number of amides is 1. The van der Waals surface area contributed by atoms with Gasteiger partial charge in [-0.05, 0) is 41.9 Å². The Balaban J connectivity index is 1.42. The summed E-state index contributed by atoms with van der Waals surface area (Å²) in [6.45, 7) is 5.80. The molecule has 0 spiro atoms. The second-order valence-corrected chi connectivity index (χ2v) is 6.32. The Bertz CT molecular complexity index is 887. The molecule has 0 saturated carbocycles. The topological polar surface area (TPSA) is 88.5 Å². The number of nitrogens with zero attached hydrogens (tertiary/aromatic N) is 5. The molecule has 8 heteroatoms. The maximum Gasteiger partial charge on any atom is 0.253 e. The highest BCUT2D eigenvalue weighted by atomic mass is 16.6. The number of rotatable bonds is 3. The van der Waals surface area contributed by atoms with E-state index in [9.17, 15) is 4.79 Å². The van der Waals surface area contributed by atoms with E-state index < -0.39 is 0 Å². The molecule has 0 unspecified atom stereocenters. The van der Waals surface area contributed by atoms with Gasteiger partial charge in [0.25, 0.3) is 5.91 Å². The lowest BCUT2D eigenvalue weighted by molar-refractivity contribution is 0.0761. The average Bonchev–Trinajstić information content (AvgIpc) is 3.17. The summed E-state index contributed by atoms with van der Waals surface area (Å²) in [6.07, 6.45) is 0.927. The van der Waals surface area contributed by atoms with Gasteiger partial charge in [-0.1, -0.05) is 5.16 Å². The Hall–Kier alpha value is -2.74. The number of hydrogen-bond donors (Lipinski definition) is 0. The van der Waals surface area contributed by atoms with Crippen LogP contribution in [-0.2, 0) is 6.54 Å². The zero-order valence-electron chi connectivity index (χ0n) is 14.0. The van der Waals surface area contributed by atoms with Crippen molar-refractivity contribution in [2.75, 3.05) is 26.2 Å². The van der Waals surface area contributed by atoms with Gasteiger partial charge in [0, 0.05) is 44.4 Å². The number of fused-ring (bicyclic) bond motifs is 1. The molecule has 0 bridgehead atoms. The van der Waals surface area contributed by atoms with Gasteiger partial charge in [-0.15, -0.1) is 0 Å². The fourth-order valence-corrected chi connectivity index (χ4v) is 3.15. The molecule has 0 N–H and O–H groups in total. The molecule has 1 aromatic carbocycles. The molecule has 4 rings (SSSR count). The average molecular weight is 341 g/mol. The predicted molar refractivity (Wildman–Crippen MR) is 88.8 cm³/mol. The van der Waals surface area contributed by atoms with E-state index in [1.165, 1.54) is 0 Å². The minimum Gasteiger partial charge on any atom is -0.361 e. The summed E-state index contributed by atoms with van der Waals surface area (Å²) in [7, 11) is 0. The van der Waals surface area contributed by atoms with Crippen molar-refractivity contribution in [2.24, 2.45) is 0 Å². The number of hydrogen-bond acceptors (Lipinski definition) is 7. The van der Waals surface area contributed by atoms with Gasteiger partial charge >= 0.3 is 0 Å². The molecular formula is C17H19N5O3. The maximum atomic E-state index is 12.8. The summed E-state index contributed by atoms with van der Waals surface area (Å²) in [5.74, 6) is 0.836. The quantitative estimate of drug-likeness (QED) is 0.718. The molecule has 8 nitrogen and oxygen atoms in total. The smallest absolute Gasteiger partial charge is 0.253 e. The van der Waals surface area contributed by atoms with E-state index in [0.717, 1.165) is 44.1 Å². The third-order valence-electron chi connectivity index (χ3n) is 4.44. The van der Waals surface area contributed by atoms with Crippen LogP contribution in [0.3, 0.4) is 0 Å². The van der Waals surface area contributed by atoms with Crippen LogP contribution in [0.25, 0.3) is 11.0 Å². The predicted octanol–water partition coefficient (Wildman–Crippen LogP) is 1.87. The van der Waals surface area contributed by atoms with Crippen LogP contribution in [0.15, 0.2) is 33.4 Å². The summed E-state index contributed by atoms with van der Waals surface area (Å²) >= 11 is 0. The summed E-state index contributed by atoms with van der Waals surface area (Å²) in [6, 6.07) is 7.22. The highest BCUT2D eigenvalue weighted by Gasteiger charge is 2.21. The van der Waals surface area contributed by atoms with Crippen molar-refractivity contribution in [2.45, 2.75) is 19.9 Å². The summed E-state index contributed by atoms with van der Waals surface area (Å²) in [5.41, 5.74) is 2.80. The van der Waals surface area contributed by atoms with Crippen LogP contribution < -0.4 is 0 Å². The number of aryl methyl sites for hydroxylation is 1. The standard InChI is InChI=1S/C17H19N5O3/c1-12-9-14(18-24-12)11-21-5-2-6-22(8-7-21)17(23)13-3-4-15-16(10-13)20-25-19-15/h3-4,9-10H,2,5-8,11H2,1H3. The number of carbonyl (C=O) groups excluding carboxylic acids is 1. The Kier molecular flexibility index (Phi) is 4.19. The molecule has 1 saturated heterocycles. The number of benzene rings is 1. The Morgan fingerprint density at radius 1 is 1.08 bits per heavy atom. The minimum atomic E-state index is 0.0176. The van der Waals surface area contributed by atoms with Crippen molar-refractivity contribution in [3.05, 3.63) is 41.3 Å². The van der Waals surface area contributed by atoms with Crippen LogP contribution in [0.1, 0.15) is 28.2 Å². The second kappa shape index (κ2) is 6.64. The van der Waals surface area contributed by atoms with Crippen LogP contribution in [0.4, 0.5) is 0 Å². The highest BCUT2D eigenvalue weighted by molar-refractivity contribution is 5.97. The van der Waals surface area contributed by atoms with Gasteiger partial charge in [-0.3, -0.25) is 9.69 Å². The zero-order chi connectivity index (χ0) is 17.2. The molecule has 130 valence electrons. The minimum absolute atomic E-state index is 0.0176. The molecule has 0 radical (unpaired) electrons. The fraction of sp³-hybridized carbons (Fsp3) is 0.412. The normalized spacial score (nSPS) is 16.3. The second-order valence-electron chi connectivity index (χ2n) is 6.32. The van der Waals surface area contributed by atoms with E-state index in [1.54, 1.807) is 18.2 Å². The van der Waals surface area contributed by atoms with Crippen molar-refractivity contribution in [3.8, 4) is 0 Å². The summed E-state index contributed by atoms with van der Waals surface area (Å²) in [4.78, 5) is 17.0. The zero-order valence-corrected chi connectivity index (χ0v) is 14.0. The molecule has 3 heterocycles. The van der Waals surface area contributed by atoms with E-state index in [1.807, 2.05) is 17.9 Å². The first-order chi connectivity index (χ1) is 12.2. The largest absolute Gasteiger partial charge is 0.361 e. The number of carbonyl (C=O) groups is 1. The van der Waals surface area contributed by atoms with Crippen LogP contribution in [-0.4, -0.2) is 57.4 Å².